The van der Waals surface area contributed by atoms with E-state index in [1.54, 1.807) is 0 Å². The predicted octanol–water partition coefficient (Wildman–Crippen LogP) is 3.07. The first-order valence-corrected chi connectivity index (χ1v) is 8.98. The van der Waals surface area contributed by atoms with E-state index in [-0.39, 0.29) is 0 Å². The lowest BCUT2D eigenvalue weighted by Crippen LogP contribution is -2.48. The van der Waals surface area contributed by atoms with E-state index < -0.39 is 0 Å². The summed E-state index contributed by atoms with van der Waals surface area (Å²) < 4.78 is 5.74. The molecule has 3 rings (SSSR count). The van der Waals surface area contributed by atoms with Crippen molar-refractivity contribution in [1.29, 1.82) is 0 Å². The molecule has 0 amide bonds. The van der Waals surface area contributed by atoms with Crippen molar-refractivity contribution in [3.8, 4) is 0 Å². The molecule has 1 aromatic carbocycles. The second-order valence-electron chi connectivity index (χ2n) is 6.51. The number of hydrogen-bond acceptors (Lipinski definition) is 3. The van der Waals surface area contributed by atoms with Gasteiger partial charge in [0, 0.05) is 44.4 Å². The maximum atomic E-state index is 5.92. The summed E-state index contributed by atoms with van der Waals surface area (Å²) in [5.74, 6) is 0. The highest BCUT2D eigenvalue weighted by atomic mass is 35.5. The highest BCUT2D eigenvalue weighted by Crippen LogP contribution is 2.15. The van der Waals surface area contributed by atoms with Crippen LogP contribution in [0.2, 0.25) is 5.02 Å². The maximum absolute atomic E-state index is 5.92. The molecule has 22 heavy (non-hydrogen) atoms. The molecule has 2 aliphatic heterocycles. The second-order valence-corrected chi connectivity index (χ2v) is 6.94. The third kappa shape index (κ3) is 4.95. The van der Waals surface area contributed by atoms with Gasteiger partial charge >= 0.3 is 0 Å². The largest absolute Gasteiger partial charge is 0.377 e. The van der Waals surface area contributed by atoms with E-state index >= 15 is 0 Å². The van der Waals surface area contributed by atoms with E-state index in [2.05, 4.69) is 21.9 Å². The number of benzene rings is 1. The molecule has 2 heterocycles. The Bertz CT molecular complexity index is 437. The van der Waals surface area contributed by atoms with Gasteiger partial charge in [0.05, 0.1) is 6.10 Å². The molecule has 122 valence electrons. The van der Waals surface area contributed by atoms with Gasteiger partial charge in [0.15, 0.2) is 0 Å². The molecule has 1 atom stereocenters. The molecule has 0 N–H and O–H groups in total. The summed E-state index contributed by atoms with van der Waals surface area (Å²) in [6.45, 7) is 8.10. The zero-order chi connectivity index (χ0) is 15.2. The molecule has 1 unspecified atom stereocenters. The molecule has 0 aromatic heterocycles. The molecule has 1 aromatic rings. The minimum atomic E-state index is 0.497. The van der Waals surface area contributed by atoms with E-state index in [0.29, 0.717) is 6.10 Å². The Morgan fingerprint density at radius 2 is 1.77 bits per heavy atom. The van der Waals surface area contributed by atoms with Crippen LogP contribution in [0, 0.1) is 0 Å². The van der Waals surface area contributed by atoms with Crippen LogP contribution in [0.4, 0.5) is 0 Å². The summed E-state index contributed by atoms with van der Waals surface area (Å²) in [6.07, 6.45) is 5.37. The highest BCUT2D eigenvalue weighted by Gasteiger charge is 2.22. The van der Waals surface area contributed by atoms with Gasteiger partial charge in [0.1, 0.15) is 0 Å². The third-order valence-electron chi connectivity index (χ3n) is 4.80. The van der Waals surface area contributed by atoms with E-state index in [0.717, 1.165) is 24.6 Å². The Kier molecular flexibility index (Phi) is 6.13. The normalized spacial score (nSPS) is 24.0. The van der Waals surface area contributed by atoms with Crippen molar-refractivity contribution in [1.82, 2.24) is 9.80 Å². The maximum Gasteiger partial charge on any atom is 0.0702 e. The molecule has 3 nitrogen and oxygen atoms in total. The average Bonchev–Trinajstić information content (AvgIpc) is 3.04. The topological polar surface area (TPSA) is 15.7 Å². The summed E-state index contributed by atoms with van der Waals surface area (Å²) in [5.41, 5.74) is 1.39. The fourth-order valence-electron chi connectivity index (χ4n) is 3.43. The number of rotatable bonds is 6. The Morgan fingerprint density at radius 1 is 1.05 bits per heavy atom. The zero-order valence-electron chi connectivity index (χ0n) is 13.3. The molecule has 0 radical (unpaired) electrons. The third-order valence-corrected chi connectivity index (χ3v) is 5.06. The van der Waals surface area contributed by atoms with Crippen LogP contribution < -0.4 is 0 Å². The Labute approximate surface area is 139 Å². The van der Waals surface area contributed by atoms with E-state index in [1.807, 2.05) is 12.1 Å². The minimum absolute atomic E-state index is 0.497. The van der Waals surface area contributed by atoms with Crippen molar-refractivity contribution in [3.63, 3.8) is 0 Å². The lowest BCUT2D eigenvalue weighted by molar-refractivity contribution is 0.0503. The van der Waals surface area contributed by atoms with Gasteiger partial charge in [-0.15, -0.1) is 0 Å². The van der Waals surface area contributed by atoms with Gasteiger partial charge in [0.25, 0.3) is 0 Å². The van der Waals surface area contributed by atoms with Crippen LogP contribution >= 0.6 is 11.6 Å². The van der Waals surface area contributed by atoms with Crippen LogP contribution in [-0.2, 0) is 11.2 Å². The molecule has 2 fully saturated rings. The van der Waals surface area contributed by atoms with Crippen LogP contribution in [0.25, 0.3) is 0 Å². The summed E-state index contributed by atoms with van der Waals surface area (Å²) >= 11 is 5.92. The molecule has 0 saturated carbocycles. The van der Waals surface area contributed by atoms with Crippen LogP contribution in [0.3, 0.4) is 0 Å². The minimum Gasteiger partial charge on any atom is -0.377 e. The lowest BCUT2D eigenvalue weighted by Gasteiger charge is -2.35. The van der Waals surface area contributed by atoms with Crippen molar-refractivity contribution in [3.05, 3.63) is 34.9 Å². The molecular formula is C18H27ClN2O. The van der Waals surface area contributed by atoms with Gasteiger partial charge in [-0.1, -0.05) is 23.7 Å². The van der Waals surface area contributed by atoms with Gasteiger partial charge < -0.3 is 9.64 Å². The fraction of sp³-hybridized carbons (Fsp3) is 0.667. The molecule has 0 spiro atoms. The molecular weight excluding hydrogens is 296 g/mol. The quantitative estimate of drug-likeness (QED) is 0.800. The van der Waals surface area contributed by atoms with Crippen LogP contribution in [0.15, 0.2) is 24.3 Å². The second kappa shape index (κ2) is 8.30. The number of aryl methyl sites for hydroxylation is 1. The molecule has 2 aliphatic rings. The summed E-state index contributed by atoms with van der Waals surface area (Å²) in [5, 5.41) is 0.825. The summed E-state index contributed by atoms with van der Waals surface area (Å²) in [7, 11) is 0. The zero-order valence-corrected chi connectivity index (χ0v) is 14.1. The number of ether oxygens (including phenoxy) is 1. The van der Waals surface area contributed by atoms with Crippen LogP contribution in [0.1, 0.15) is 24.8 Å². The first-order valence-electron chi connectivity index (χ1n) is 8.60. The Morgan fingerprint density at radius 3 is 2.45 bits per heavy atom. The Balaban J connectivity index is 1.31. The van der Waals surface area contributed by atoms with Crippen molar-refractivity contribution in [2.24, 2.45) is 0 Å². The monoisotopic (exact) mass is 322 g/mol. The molecule has 2 saturated heterocycles. The molecule has 0 aliphatic carbocycles. The van der Waals surface area contributed by atoms with Gasteiger partial charge in [-0.05, 0) is 49.9 Å². The number of hydrogen-bond donors (Lipinski definition) is 0. The first-order chi connectivity index (χ1) is 10.8. The fourth-order valence-corrected chi connectivity index (χ4v) is 3.56. The van der Waals surface area contributed by atoms with Crippen LogP contribution in [-0.4, -0.2) is 61.8 Å². The van der Waals surface area contributed by atoms with Gasteiger partial charge in [-0.3, -0.25) is 4.90 Å². The van der Waals surface area contributed by atoms with Crippen molar-refractivity contribution >= 4 is 11.6 Å². The summed E-state index contributed by atoms with van der Waals surface area (Å²) in [4.78, 5) is 5.17. The van der Waals surface area contributed by atoms with Crippen molar-refractivity contribution in [2.45, 2.75) is 31.8 Å². The smallest absolute Gasteiger partial charge is 0.0702 e. The molecule has 4 heteroatoms. The van der Waals surface area contributed by atoms with Crippen molar-refractivity contribution in [2.75, 3.05) is 45.9 Å². The van der Waals surface area contributed by atoms with E-state index in [4.69, 9.17) is 16.3 Å². The van der Waals surface area contributed by atoms with Gasteiger partial charge in [-0.2, -0.15) is 0 Å². The van der Waals surface area contributed by atoms with E-state index in [9.17, 15) is 0 Å². The number of nitrogens with zero attached hydrogens (tertiary/aromatic N) is 2. The first kappa shape index (κ1) is 16.3. The van der Waals surface area contributed by atoms with Gasteiger partial charge in [-0.25, -0.2) is 0 Å². The Hall–Kier alpha value is -0.610. The number of halogens is 1. The van der Waals surface area contributed by atoms with Gasteiger partial charge in [0.2, 0.25) is 0 Å². The summed E-state index contributed by atoms with van der Waals surface area (Å²) in [6, 6.07) is 8.26. The number of piperazine rings is 1. The highest BCUT2D eigenvalue weighted by molar-refractivity contribution is 6.30. The lowest BCUT2D eigenvalue weighted by atomic mass is 10.1. The average molecular weight is 323 g/mol. The SMILES string of the molecule is Clc1ccc(CCCN2CCN(CC3CCCO3)CC2)cc1. The predicted molar refractivity (Wildman–Crippen MR) is 91.6 cm³/mol. The van der Waals surface area contributed by atoms with E-state index in [1.165, 1.54) is 57.5 Å². The standard InChI is InChI=1S/C18H27ClN2O/c19-17-7-5-16(6-8-17)3-1-9-20-10-12-21(13-11-20)15-18-4-2-14-22-18/h5-8,18H,1-4,9-15H2. The van der Waals surface area contributed by atoms with Crippen molar-refractivity contribution < 1.29 is 4.74 Å². The molecule has 0 bridgehead atoms. The van der Waals surface area contributed by atoms with Crippen LogP contribution in [0.5, 0.6) is 0 Å².